The largest absolute Gasteiger partial charge is 0.494 e. The van der Waals surface area contributed by atoms with E-state index in [9.17, 15) is 0 Å². The number of likely N-dealkylation sites (tertiary alicyclic amines) is 1. The molecule has 0 radical (unpaired) electrons. The topological polar surface area (TPSA) is 38.5 Å². The molecular weight excluding hydrogens is 272 g/mol. The molecule has 1 aromatic carbocycles. The van der Waals surface area contributed by atoms with Crippen LogP contribution in [0.4, 0.5) is 0 Å². The molecule has 124 valence electrons. The SMILES string of the molecule is CCCN1CCCCC1C(CN)c1cc(C)ccc1OCC. The van der Waals surface area contributed by atoms with Crippen LogP contribution in [0, 0.1) is 6.92 Å². The van der Waals surface area contributed by atoms with Gasteiger partial charge >= 0.3 is 0 Å². The number of hydrogen-bond donors (Lipinski definition) is 1. The van der Waals surface area contributed by atoms with Crippen molar-refractivity contribution in [3.05, 3.63) is 29.3 Å². The summed E-state index contributed by atoms with van der Waals surface area (Å²) < 4.78 is 5.89. The number of benzene rings is 1. The fourth-order valence-electron chi connectivity index (χ4n) is 3.77. The number of nitrogens with two attached hydrogens (primary N) is 1. The Morgan fingerprint density at radius 1 is 1.32 bits per heavy atom. The zero-order chi connectivity index (χ0) is 15.9. The highest BCUT2D eigenvalue weighted by Gasteiger charge is 2.31. The van der Waals surface area contributed by atoms with Gasteiger partial charge in [-0.05, 0) is 52.3 Å². The molecule has 1 heterocycles. The second kappa shape index (κ2) is 8.54. The maximum atomic E-state index is 6.23. The van der Waals surface area contributed by atoms with Crippen molar-refractivity contribution >= 4 is 0 Å². The maximum absolute atomic E-state index is 6.23. The van der Waals surface area contributed by atoms with E-state index in [0.29, 0.717) is 25.1 Å². The molecule has 3 nitrogen and oxygen atoms in total. The molecule has 0 bridgehead atoms. The molecule has 2 N–H and O–H groups in total. The quantitative estimate of drug-likeness (QED) is 0.834. The summed E-state index contributed by atoms with van der Waals surface area (Å²) in [6.07, 6.45) is 5.10. The maximum Gasteiger partial charge on any atom is 0.122 e. The van der Waals surface area contributed by atoms with Crippen molar-refractivity contribution in [3.63, 3.8) is 0 Å². The Kier molecular flexibility index (Phi) is 6.71. The fourth-order valence-corrected chi connectivity index (χ4v) is 3.77. The van der Waals surface area contributed by atoms with Crippen LogP contribution < -0.4 is 10.5 Å². The molecule has 2 unspecified atom stereocenters. The van der Waals surface area contributed by atoms with Crippen LogP contribution in [0.15, 0.2) is 18.2 Å². The summed E-state index contributed by atoms with van der Waals surface area (Å²) in [5.74, 6) is 1.39. The van der Waals surface area contributed by atoms with Gasteiger partial charge in [-0.2, -0.15) is 0 Å². The van der Waals surface area contributed by atoms with E-state index in [1.54, 1.807) is 0 Å². The van der Waals surface area contributed by atoms with Gasteiger partial charge in [-0.15, -0.1) is 0 Å². The van der Waals surface area contributed by atoms with E-state index in [1.165, 1.54) is 49.9 Å². The summed E-state index contributed by atoms with van der Waals surface area (Å²) in [7, 11) is 0. The summed E-state index contributed by atoms with van der Waals surface area (Å²) in [6.45, 7) is 10.2. The van der Waals surface area contributed by atoms with Crippen LogP contribution in [0.1, 0.15) is 56.6 Å². The van der Waals surface area contributed by atoms with Gasteiger partial charge in [0.1, 0.15) is 5.75 Å². The lowest BCUT2D eigenvalue weighted by molar-refractivity contribution is 0.125. The lowest BCUT2D eigenvalue weighted by Crippen LogP contribution is -2.45. The van der Waals surface area contributed by atoms with E-state index in [4.69, 9.17) is 10.5 Å². The lowest BCUT2D eigenvalue weighted by atomic mass is 9.84. The van der Waals surface area contributed by atoms with Crippen LogP contribution in [-0.4, -0.2) is 37.2 Å². The standard InChI is InChI=1S/C19H32N2O/c1-4-11-21-12-7-6-8-18(21)17(14-20)16-13-15(3)9-10-19(16)22-5-2/h9-10,13,17-18H,4-8,11-12,14,20H2,1-3H3. The summed E-state index contributed by atoms with van der Waals surface area (Å²) in [4.78, 5) is 2.65. The first-order chi connectivity index (χ1) is 10.7. The van der Waals surface area contributed by atoms with Crippen LogP contribution >= 0.6 is 0 Å². The predicted octanol–water partition coefficient (Wildman–Crippen LogP) is 3.70. The van der Waals surface area contributed by atoms with E-state index in [-0.39, 0.29) is 0 Å². The van der Waals surface area contributed by atoms with Gasteiger partial charge in [-0.1, -0.05) is 31.0 Å². The molecule has 1 fully saturated rings. The molecule has 0 spiro atoms. The molecule has 1 aliphatic heterocycles. The van der Waals surface area contributed by atoms with E-state index in [0.717, 1.165) is 5.75 Å². The van der Waals surface area contributed by atoms with Gasteiger partial charge in [-0.25, -0.2) is 0 Å². The molecule has 0 aliphatic carbocycles. The van der Waals surface area contributed by atoms with E-state index in [2.05, 4.69) is 36.9 Å². The molecular formula is C19H32N2O. The molecule has 2 atom stereocenters. The van der Waals surface area contributed by atoms with Crippen molar-refractivity contribution in [2.75, 3.05) is 26.2 Å². The molecule has 0 saturated carbocycles. The monoisotopic (exact) mass is 304 g/mol. The first kappa shape index (κ1) is 17.3. The Morgan fingerprint density at radius 2 is 2.14 bits per heavy atom. The van der Waals surface area contributed by atoms with Crippen molar-refractivity contribution in [2.45, 2.75) is 58.4 Å². The van der Waals surface area contributed by atoms with Crippen molar-refractivity contribution in [2.24, 2.45) is 5.73 Å². The summed E-state index contributed by atoms with van der Waals surface area (Å²) in [6, 6.07) is 7.08. The molecule has 0 aromatic heterocycles. The Hall–Kier alpha value is -1.06. The first-order valence-corrected chi connectivity index (χ1v) is 8.88. The number of ether oxygens (including phenoxy) is 1. The number of hydrogen-bond acceptors (Lipinski definition) is 3. The highest BCUT2D eigenvalue weighted by Crippen LogP contribution is 2.35. The van der Waals surface area contributed by atoms with Crippen molar-refractivity contribution in [1.82, 2.24) is 4.90 Å². The number of piperidine rings is 1. The average molecular weight is 304 g/mol. The van der Waals surface area contributed by atoms with Crippen LogP contribution in [0.3, 0.4) is 0 Å². The highest BCUT2D eigenvalue weighted by atomic mass is 16.5. The van der Waals surface area contributed by atoms with Gasteiger partial charge < -0.3 is 10.5 Å². The van der Waals surface area contributed by atoms with E-state index < -0.39 is 0 Å². The second-order valence-electron chi connectivity index (χ2n) is 6.42. The minimum Gasteiger partial charge on any atom is -0.494 e. The van der Waals surface area contributed by atoms with Gasteiger partial charge in [0, 0.05) is 24.1 Å². The first-order valence-electron chi connectivity index (χ1n) is 8.88. The third kappa shape index (κ3) is 4.02. The zero-order valence-corrected chi connectivity index (χ0v) is 14.5. The smallest absolute Gasteiger partial charge is 0.122 e. The molecule has 1 aromatic rings. The van der Waals surface area contributed by atoms with Crippen LogP contribution in [0.25, 0.3) is 0 Å². The third-order valence-corrected chi connectivity index (χ3v) is 4.76. The second-order valence-corrected chi connectivity index (χ2v) is 6.42. The predicted molar refractivity (Wildman–Crippen MR) is 93.6 cm³/mol. The summed E-state index contributed by atoms with van der Waals surface area (Å²) in [5.41, 5.74) is 8.82. The Bertz CT molecular complexity index is 459. The molecule has 1 saturated heterocycles. The van der Waals surface area contributed by atoms with Crippen molar-refractivity contribution < 1.29 is 4.74 Å². The van der Waals surface area contributed by atoms with Gasteiger partial charge in [0.05, 0.1) is 6.61 Å². The van der Waals surface area contributed by atoms with Crippen LogP contribution in [0.2, 0.25) is 0 Å². The third-order valence-electron chi connectivity index (χ3n) is 4.76. The van der Waals surface area contributed by atoms with Crippen molar-refractivity contribution in [3.8, 4) is 5.75 Å². The molecule has 2 rings (SSSR count). The Morgan fingerprint density at radius 3 is 2.82 bits per heavy atom. The zero-order valence-electron chi connectivity index (χ0n) is 14.5. The number of nitrogens with zero attached hydrogens (tertiary/aromatic N) is 1. The lowest BCUT2D eigenvalue weighted by Gasteiger charge is -2.40. The molecule has 0 amide bonds. The van der Waals surface area contributed by atoms with Gasteiger partial charge in [-0.3, -0.25) is 4.90 Å². The van der Waals surface area contributed by atoms with Crippen LogP contribution in [0.5, 0.6) is 5.75 Å². The number of aryl methyl sites for hydroxylation is 1. The van der Waals surface area contributed by atoms with Crippen molar-refractivity contribution in [1.29, 1.82) is 0 Å². The fraction of sp³-hybridized carbons (Fsp3) is 0.684. The van der Waals surface area contributed by atoms with Crippen LogP contribution in [-0.2, 0) is 0 Å². The molecule has 1 aliphatic rings. The molecule has 22 heavy (non-hydrogen) atoms. The summed E-state index contributed by atoms with van der Waals surface area (Å²) >= 11 is 0. The van der Waals surface area contributed by atoms with E-state index >= 15 is 0 Å². The summed E-state index contributed by atoms with van der Waals surface area (Å²) in [5, 5.41) is 0. The van der Waals surface area contributed by atoms with Gasteiger partial charge in [0.15, 0.2) is 0 Å². The minimum absolute atomic E-state index is 0.369. The normalized spacial score (nSPS) is 20.8. The number of rotatable bonds is 7. The van der Waals surface area contributed by atoms with Gasteiger partial charge in [0.2, 0.25) is 0 Å². The Labute approximate surface area is 135 Å². The minimum atomic E-state index is 0.369. The highest BCUT2D eigenvalue weighted by molar-refractivity contribution is 5.40. The van der Waals surface area contributed by atoms with Gasteiger partial charge in [0.25, 0.3) is 0 Å². The Balaban J connectivity index is 2.31. The average Bonchev–Trinajstić information content (AvgIpc) is 2.52. The molecule has 3 heteroatoms. The van der Waals surface area contributed by atoms with E-state index in [1.807, 2.05) is 6.92 Å².